The third kappa shape index (κ3) is 3.60. The van der Waals surface area contributed by atoms with E-state index in [0.29, 0.717) is 0 Å². The molecule has 1 aliphatic rings. The first-order chi connectivity index (χ1) is 8.70. The van der Waals surface area contributed by atoms with E-state index in [0.717, 1.165) is 17.8 Å². The molecule has 0 amide bonds. The average molecular weight is 309 g/mol. The van der Waals surface area contributed by atoms with Gasteiger partial charge in [0.15, 0.2) is 0 Å². The Morgan fingerprint density at radius 3 is 2.28 bits per heavy atom. The van der Waals surface area contributed by atoms with Gasteiger partial charge in [0.05, 0.1) is 0 Å². The van der Waals surface area contributed by atoms with Gasteiger partial charge < -0.3 is 0 Å². The van der Waals surface area contributed by atoms with Gasteiger partial charge in [0.25, 0.3) is 0 Å². The van der Waals surface area contributed by atoms with Crippen LogP contribution in [0.3, 0.4) is 0 Å². The standard InChI is InChI=1S/C17H25Br/c1-3-4-14-5-7-15(8-6-14)13(2)16-9-11-17(18)12-10-16/h9-15H,3-8H2,1-2H3. The summed E-state index contributed by atoms with van der Waals surface area (Å²) in [6.45, 7) is 4.73. The van der Waals surface area contributed by atoms with Gasteiger partial charge in [0, 0.05) is 4.47 Å². The Kier molecular flexibility index (Phi) is 5.29. The highest BCUT2D eigenvalue weighted by Crippen LogP contribution is 2.39. The third-order valence-electron chi connectivity index (χ3n) is 4.69. The second kappa shape index (κ2) is 6.75. The summed E-state index contributed by atoms with van der Waals surface area (Å²) >= 11 is 3.52. The molecule has 18 heavy (non-hydrogen) atoms. The van der Waals surface area contributed by atoms with Crippen LogP contribution in [0.15, 0.2) is 28.7 Å². The molecule has 2 rings (SSSR count). The van der Waals surface area contributed by atoms with E-state index in [1.807, 2.05) is 0 Å². The van der Waals surface area contributed by atoms with Crippen LogP contribution in [0.1, 0.15) is 63.9 Å². The normalized spacial score (nSPS) is 25.9. The number of benzene rings is 1. The van der Waals surface area contributed by atoms with Crippen molar-refractivity contribution in [1.82, 2.24) is 0 Å². The summed E-state index contributed by atoms with van der Waals surface area (Å²) in [6.07, 6.45) is 8.58. The maximum atomic E-state index is 3.52. The Balaban J connectivity index is 1.91. The van der Waals surface area contributed by atoms with Gasteiger partial charge in [-0.2, -0.15) is 0 Å². The molecule has 1 aromatic carbocycles. The number of rotatable bonds is 4. The molecule has 0 N–H and O–H groups in total. The summed E-state index contributed by atoms with van der Waals surface area (Å²) < 4.78 is 1.19. The molecule has 0 aromatic heterocycles. The molecule has 1 heteroatoms. The van der Waals surface area contributed by atoms with Crippen molar-refractivity contribution in [3.63, 3.8) is 0 Å². The Morgan fingerprint density at radius 1 is 1.11 bits per heavy atom. The Bertz CT molecular complexity index is 346. The van der Waals surface area contributed by atoms with E-state index in [9.17, 15) is 0 Å². The molecule has 1 unspecified atom stereocenters. The second-order valence-corrected chi connectivity index (χ2v) is 6.83. The van der Waals surface area contributed by atoms with E-state index in [-0.39, 0.29) is 0 Å². The molecule has 1 fully saturated rings. The molecule has 0 spiro atoms. The Hall–Kier alpha value is -0.300. The quantitative estimate of drug-likeness (QED) is 0.625. The number of halogens is 1. The van der Waals surface area contributed by atoms with E-state index in [2.05, 4.69) is 54.0 Å². The second-order valence-electron chi connectivity index (χ2n) is 5.91. The maximum absolute atomic E-state index is 3.52. The fraction of sp³-hybridized carbons (Fsp3) is 0.647. The van der Waals surface area contributed by atoms with Crippen LogP contribution in [0.4, 0.5) is 0 Å². The van der Waals surface area contributed by atoms with E-state index >= 15 is 0 Å². The lowest BCUT2D eigenvalue weighted by Gasteiger charge is -2.32. The van der Waals surface area contributed by atoms with Crippen LogP contribution >= 0.6 is 15.9 Å². The fourth-order valence-corrected chi connectivity index (χ4v) is 3.69. The van der Waals surface area contributed by atoms with Gasteiger partial charge in [0.2, 0.25) is 0 Å². The van der Waals surface area contributed by atoms with Crippen molar-refractivity contribution in [3.8, 4) is 0 Å². The molecule has 0 bridgehead atoms. The average Bonchev–Trinajstić information content (AvgIpc) is 2.40. The van der Waals surface area contributed by atoms with Crippen LogP contribution in [-0.2, 0) is 0 Å². The van der Waals surface area contributed by atoms with Crippen LogP contribution in [-0.4, -0.2) is 0 Å². The van der Waals surface area contributed by atoms with Gasteiger partial charge in [-0.15, -0.1) is 0 Å². The van der Waals surface area contributed by atoms with E-state index in [1.54, 1.807) is 0 Å². The van der Waals surface area contributed by atoms with Crippen molar-refractivity contribution in [3.05, 3.63) is 34.3 Å². The maximum Gasteiger partial charge on any atom is 0.0175 e. The smallest absolute Gasteiger partial charge is 0.0175 e. The molecule has 0 saturated heterocycles. The summed E-state index contributed by atoms with van der Waals surface area (Å²) in [6, 6.07) is 8.92. The van der Waals surface area contributed by atoms with Crippen LogP contribution in [0.5, 0.6) is 0 Å². The molecule has 0 heterocycles. The van der Waals surface area contributed by atoms with Crippen molar-refractivity contribution in [2.24, 2.45) is 11.8 Å². The van der Waals surface area contributed by atoms with Crippen molar-refractivity contribution in [2.75, 3.05) is 0 Å². The molecule has 1 saturated carbocycles. The van der Waals surface area contributed by atoms with E-state index in [4.69, 9.17) is 0 Å². The van der Waals surface area contributed by atoms with E-state index < -0.39 is 0 Å². The number of hydrogen-bond acceptors (Lipinski definition) is 0. The first kappa shape index (κ1) is 14.1. The largest absolute Gasteiger partial charge is 0.0654 e. The molecular formula is C17H25Br. The molecule has 0 nitrogen and oxygen atoms in total. The predicted octanol–water partition coefficient (Wildman–Crippen LogP) is 6.16. The van der Waals surface area contributed by atoms with Gasteiger partial charge in [-0.3, -0.25) is 0 Å². The van der Waals surface area contributed by atoms with Crippen molar-refractivity contribution >= 4 is 15.9 Å². The van der Waals surface area contributed by atoms with Crippen LogP contribution in [0.2, 0.25) is 0 Å². The monoisotopic (exact) mass is 308 g/mol. The predicted molar refractivity (Wildman–Crippen MR) is 82.9 cm³/mol. The van der Waals surface area contributed by atoms with Gasteiger partial charge in [-0.25, -0.2) is 0 Å². The molecule has 0 aliphatic heterocycles. The lowest BCUT2D eigenvalue weighted by Crippen LogP contribution is -2.19. The minimum absolute atomic E-state index is 0.723. The van der Waals surface area contributed by atoms with Crippen molar-refractivity contribution < 1.29 is 0 Å². The molecule has 0 radical (unpaired) electrons. The van der Waals surface area contributed by atoms with Gasteiger partial charge in [-0.05, 0) is 48.3 Å². The van der Waals surface area contributed by atoms with Crippen molar-refractivity contribution in [2.45, 2.75) is 58.3 Å². The molecule has 1 aromatic rings. The summed E-state index contributed by atoms with van der Waals surface area (Å²) in [5.74, 6) is 2.64. The van der Waals surface area contributed by atoms with Gasteiger partial charge >= 0.3 is 0 Å². The van der Waals surface area contributed by atoms with Crippen molar-refractivity contribution in [1.29, 1.82) is 0 Å². The lowest BCUT2D eigenvalue weighted by atomic mass is 9.73. The summed E-state index contributed by atoms with van der Waals surface area (Å²) in [5, 5.41) is 0. The highest BCUT2D eigenvalue weighted by molar-refractivity contribution is 9.10. The zero-order valence-electron chi connectivity index (χ0n) is 11.7. The SMILES string of the molecule is CCCC1CCC(C(C)c2ccc(Br)cc2)CC1. The highest BCUT2D eigenvalue weighted by Gasteiger charge is 2.25. The molecule has 1 atom stereocenters. The highest BCUT2D eigenvalue weighted by atomic mass is 79.9. The minimum Gasteiger partial charge on any atom is -0.0654 e. The topological polar surface area (TPSA) is 0 Å². The van der Waals surface area contributed by atoms with Crippen LogP contribution in [0, 0.1) is 11.8 Å². The van der Waals surface area contributed by atoms with Crippen LogP contribution < -0.4 is 0 Å². The zero-order valence-corrected chi connectivity index (χ0v) is 13.2. The summed E-state index contributed by atoms with van der Waals surface area (Å²) in [5.41, 5.74) is 1.51. The third-order valence-corrected chi connectivity index (χ3v) is 5.22. The molecular weight excluding hydrogens is 284 g/mol. The Morgan fingerprint density at radius 2 is 1.72 bits per heavy atom. The Labute approximate surface area is 120 Å². The molecule has 100 valence electrons. The first-order valence-electron chi connectivity index (χ1n) is 7.46. The van der Waals surface area contributed by atoms with Crippen LogP contribution in [0.25, 0.3) is 0 Å². The first-order valence-corrected chi connectivity index (χ1v) is 8.25. The zero-order chi connectivity index (χ0) is 13.0. The summed E-state index contributed by atoms with van der Waals surface area (Å²) in [4.78, 5) is 0. The lowest BCUT2D eigenvalue weighted by molar-refractivity contribution is 0.239. The van der Waals surface area contributed by atoms with Gasteiger partial charge in [0.1, 0.15) is 0 Å². The number of hydrogen-bond donors (Lipinski definition) is 0. The summed E-state index contributed by atoms with van der Waals surface area (Å²) in [7, 11) is 0. The van der Waals surface area contributed by atoms with Gasteiger partial charge in [-0.1, -0.05) is 67.6 Å². The minimum atomic E-state index is 0.723. The van der Waals surface area contributed by atoms with E-state index in [1.165, 1.54) is 48.6 Å². The molecule has 1 aliphatic carbocycles. The fourth-order valence-electron chi connectivity index (χ4n) is 3.42.